The average Bonchev–Trinajstić information content (AvgIpc) is 3.19. The third kappa shape index (κ3) is 5.94. The predicted molar refractivity (Wildman–Crippen MR) is 132 cm³/mol. The van der Waals surface area contributed by atoms with Crippen molar-refractivity contribution in [2.75, 3.05) is 11.1 Å². The minimum atomic E-state index is -0.282. The Morgan fingerprint density at radius 2 is 1.88 bits per heavy atom. The van der Waals surface area contributed by atoms with E-state index in [1.54, 1.807) is 30.3 Å². The van der Waals surface area contributed by atoms with Crippen molar-refractivity contribution >= 4 is 40.9 Å². The van der Waals surface area contributed by atoms with Gasteiger partial charge in [0.15, 0.2) is 11.0 Å². The van der Waals surface area contributed by atoms with Crippen LogP contribution in [0.3, 0.4) is 0 Å². The van der Waals surface area contributed by atoms with Gasteiger partial charge in [-0.3, -0.25) is 9.59 Å². The van der Waals surface area contributed by atoms with E-state index >= 15 is 0 Å². The zero-order chi connectivity index (χ0) is 23.2. The summed E-state index contributed by atoms with van der Waals surface area (Å²) in [5.74, 6) is 0.701. The molecule has 172 valence electrons. The molecule has 1 aliphatic carbocycles. The Bertz CT molecular complexity index is 1140. The van der Waals surface area contributed by atoms with E-state index < -0.39 is 0 Å². The molecule has 7 nitrogen and oxygen atoms in total. The summed E-state index contributed by atoms with van der Waals surface area (Å²) in [5, 5.41) is 15.6. The number of halogens is 1. The topological polar surface area (TPSA) is 88.9 Å². The van der Waals surface area contributed by atoms with Crippen LogP contribution >= 0.6 is 23.4 Å². The molecule has 4 rings (SSSR count). The standard InChI is InChI=1S/C24H26ClN5O2S/c1-30-22(28-29-24(30)33-15-21(31)26-17-9-3-2-4-10-17)16-8-7-11-18(14-16)27-23(32)19-12-5-6-13-20(19)25/h5-8,11-14,17H,2-4,9-10,15H2,1H3,(H,26,31)(H,27,32). The highest BCUT2D eigenvalue weighted by Gasteiger charge is 2.18. The van der Waals surface area contributed by atoms with Gasteiger partial charge in [0.25, 0.3) is 5.91 Å². The number of carbonyl (C=O) groups excluding carboxylic acids is 2. The summed E-state index contributed by atoms with van der Waals surface area (Å²) in [4.78, 5) is 24.9. The molecule has 0 radical (unpaired) electrons. The van der Waals surface area contributed by atoms with Gasteiger partial charge in [-0.2, -0.15) is 0 Å². The van der Waals surface area contributed by atoms with Gasteiger partial charge in [0.05, 0.1) is 16.3 Å². The maximum atomic E-state index is 12.6. The summed E-state index contributed by atoms with van der Waals surface area (Å²) >= 11 is 7.50. The largest absolute Gasteiger partial charge is 0.353 e. The number of benzene rings is 2. The molecule has 2 amide bonds. The van der Waals surface area contributed by atoms with E-state index in [0.29, 0.717) is 39.0 Å². The van der Waals surface area contributed by atoms with Crippen molar-refractivity contribution < 1.29 is 9.59 Å². The van der Waals surface area contributed by atoms with Crippen molar-refractivity contribution in [3.8, 4) is 11.4 Å². The number of carbonyl (C=O) groups is 2. The van der Waals surface area contributed by atoms with Gasteiger partial charge in [0, 0.05) is 24.3 Å². The number of amides is 2. The number of hydrogen-bond donors (Lipinski definition) is 2. The molecule has 0 unspecified atom stereocenters. The molecule has 0 spiro atoms. The first-order valence-corrected chi connectivity index (χ1v) is 12.4. The van der Waals surface area contributed by atoms with Crippen LogP contribution in [0.4, 0.5) is 5.69 Å². The first-order valence-electron chi connectivity index (χ1n) is 11.0. The average molecular weight is 484 g/mol. The second-order valence-electron chi connectivity index (χ2n) is 8.07. The molecule has 3 aromatic rings. The third-order valence-electron chi connectivity index (χ3n) is 5.63. The van der Waals surface area contributed by atoms with Crippen molar-refractivity contribution in [1.29, 1.82) is 0 Å². The summed E-state index contributed by atoms with van der Waals surface area (Å²) in [5.41, 5.74) is 1.84. The minimum absolute atomic E-state index is 0.0285. The molecule has 1 aromatic heterocycles. The second-order valence-corrected chi connectivity index (χ2v) is 9.42. The van der Waals surface area contributed by atoms with Crippen LogP contribution < -0.4 is 10.6 Å². The summed E-state index contributed by atoms with van der Waals surface area (Å²) in [6, 6.07) is 14.6. The van der Waals surface area contributed by atoms with Gasteiger partial charge in [0.2, 0.25) is 5.91 Å². The zero-order valence-electron chi connectivity index (χ0n) is 18.4. The molecular formula is C24H26ClN5O2S. The van der Waals surface area contributed by atoms with Crippen molar-refractivity contribution in [2.45, 2.75) is 43.3 Å². The number of nitrogens with zero attached hydrogens (tertiary/aromatic N) is 3. The third-order valence-corrected chi connectivity index (χ3v) is 6.98. The van der Waals surface area contributed by atoms with Crippen molar-refractivity contribution in [2.24, 2.45) is 7.05 Å². The monoisotopic (exact) mass is 483 g/mol. The van der Waals surface area contributed by atoms with E-state index in [2.05, 4.69) is 20.8 Å². The highest BCUT2D eigenvalue weighted by molar-refractivity contribution is 7.99. The van der Waals surface area contributed by atoms with E-state index in [-0.39, 0.29) is 11.8 Å². The van der Waals surface area contributed by atoms with Gasteiger partial charge < -0.3 is 15.2 Å². The SMILES string of the molecule is Cn1c(SCC(=O)NC2CCCCC2)nnc1-c1cccc(NC(=O)c2ccccc2Cl)c1. The van der Waals surface area contributed by atoms with Gasteiger partial charge in [-0.05, 0) is 37.1 Å². The fraction of sp³-hybridized carbons (Fsp3) is 0.333. The first kappa shape index (κ1) is 23.3. The summed E-state index contributed by atoms with van der Waals surface area (Å²) < 4.78 is 1.85. The van der Waals surface area contributed by atoms with Crippen LogP contribution in [0.2, 0.25) is 5.02 Å². The van der Waals surface area contributed by atoms with Crippen LogP contribution in [-0.2, 0) is 11.8 Å². The van der Waals surface area contributed by atoms with Gasteiger partial charge in [-0.1, -0.05) is 66.9 Å². The van der Waals surface area contributed by atoms with E-state index in [9.17, 15) is 9.59 Å². The highest BCUT2D eigenvalue weighted by Crippen LogP contribution is 2.26. The van der Waals surface area contributed by atoms with E-state index in [1.807, 2.05) is 29.8 Å². The molecule has 1 heterocycles. The van der Waals surface area contributed by atoms with Crippen LogP contribution in [0.15, 0.2) is 53.7 Å². The quantitative estimate of drug-likeness (QED) is 0.465. The maximum absolute atomic E-state index is 12.6. The Hall–Kier alpha value is -2.84. The first-order chi connectivity index (χ1) is 16.0. The van der Waals surface area contributed by atoms with Crippen molar-refractivity contribution in [1.82, 2.24) is 20.1 Å². The molecule has 33 heavy (non-hydrogen) atoms. The van der Waals surface area contributed by atoms with Gasteiger partial charge in [-0.25, -0.2) is 0 Å². The molecule has 1 saturated carbocycles. The fourth-order valence-electron chi connectivity index (χ4n) is 3.92. The van der Waals surface area contributed by atoms with E-state index in [4.69, 9.17) is 11.6 Å². The van der Waals surface area contributed by atoms with Crippen molar-refractivity contribution in [3.05, 3.63) is 59.1 Å². The highest BCUT2D eigenvalue weighted by atomic mass is 35.5. The van der Waals surface area contributed by atoms with Gasteiger partial charge in [0.1, 0.15) is 0 Å². The van der Waals surface area contributed by atoms with E-state index in [1.165, 1.54) is 31.0 Å². The normalized spacial score (nSPS) is 14.1. The van der Waals surface area contributed by atoms with Gasteiger partial charge >= 0.3 is 0 Å². The van der Waals surface area contributed by atoms with Crippen molar-refractivity contribution in [3.63, 3.8) is 0 Å². The lowest BCUT2D eigenvalue weighted by atomic mass is 9.95. The lowest BCUT2D eigenvalue weighted by molar-refractivity contribution is -0.119. The summed E-state index contributed by atoms with van der Waals surface area (Å²) in [7, 11) is 1.87. The summed E-state index contributed by atoms with van der Waals surface area (Å²) in [6.07, 6.45) is 5.75. The Balaban J connectivity index is 1.40. The Kier molecular flexibility index (Phi) is 7.67. The lowest BCUT2D eigenvalue weighted by Gasteiger charge is -2.22. The molecule has 0 bridgehead atoms. The van der Waals surface area contributed by atoms with Crippen LogP contribution in [0, 0.1) is 0 Å². The smallest absolute Gasteiger partial charge is 0.257 e. The molecule has 0 aliphatic heterocycles. The molecule has 1 fully saturated rings. The number of aromatic nitrogens is 3. The molecule has 0 saturated heterocycles. The lowest BCUT2D eigenvalue weighted by Crippen LogP contribution is -2.37. The number of hydrogen-bond acceptors (Lipinski definition) is 5. The molecule has 0 atom stereocenters. The second kappa shape index (κ2) is 10.9. The zero-order valence-corrected chi connectivity index (χ0v) is 20.0. The Labute approximate surface area is 202 Å². The maximum Gasteiger partial charge on any atom is 0.257 e. The number of nitrogens with one attached hydrogen (secondary N) is 2. The Morgan fingerprint density at radius 1 is 1.09 bits per heavy atom. The number of rotatable bonds is 7. The molecule has 1 aliphatic rings. The molecule has 2 aromatic carbocycles. The van der Waals surface area contributed by atoms with Crippen LogP contribution in [0.25, 0.3) is 11.4 Å². The summed E-state index contributed by atoms with van der Waals surface area (Å²) in [6.45, 7) is 0. The molecular weight excluding hydrogens is 458 g/mol. The number of anilines is 1. The number of thioether (sulfide) groups is 1. The minimum Gasteiger partial charge on any atom is -0.353 e. The van der Waals surface area contributed by atoms with Gasteiger partial charge in [-0.15, -0.1) is 10.2 Å². The van der Waals surface area contributed by atoms with E-state index in [0.717, 1.165) is 18.4 Å². The van der Waals surface area contributed by atoms with Crippen LogP contribution in [0.1, 0.15) is 42.5 Å². The fourth-order valence-corrected chi connectivity index (χ4v) is 4.86. The Morgan fingerprint density at radius 3 is 2.67 bits per heavy atom. The molecule has 9 heteroatoms. The molecule has 2 N–H and O–H groups in total. The van der Waals surface area contributed by atoms with Crippen LogP contribution in [-0.4, -0.2) is 38.4 Å². The predicted octanol–water partition coefficient (Wildman–Crippen LogP) is 4.93. The van der Waals surface area contributed by atoms with Crippen LogP contribution in [0.5, 0.6) is 0 Å².